The van der Waals surface area contributed by atoms with Gasteiger partial charge in [0.1, 0.15) is 5.75 Å². The molecule has 0 saturated heterocycles. The molecule has 0 amide bonds. The topological polar surface area (TPSA) is 64.3 Å². The summed E-state index contributed by atoms with van der Waals surface area (Å²) >= 11 is 3.64. The van der Waals surface area contributed by atoms with Crippen LogP contribution in [0.2, 0.25) is 0 Å². The average molecular weight is 449 g/mol. The number of nitrogens with two attached hydrogens (primary N) is 1. The molecule has 1 heterocycles. The SMILES string of the molecule is CCOc1ccc(C)cc1-c1ccc2nc(N)nc(N(Br)c3ccccc3)c2c1. The number of ether oxygens (including phenoxy) is 1. The Hall–Kier alpha value is -3.12. The van der Waals surface area contributed by atoms with Crippen LogP contribution in [0.15, 0.2) is 66.7 Å². The average Bonchev–Trinajstić information content (AvgIpc) is 2.74. The summed E-state index contributed by atoms with van der Waals surface area (Å²) in [7, 11) is 0. The molecule has 0 spiro atoms. The van der Waals surface area contributed by atoms with E-state index >= 15 is 0 Å². The molecule has 0 saturated carbocycles. The molecule has 0 fully saturated rings. The van der Waals surface area contributed by atoms with Crippen LogP contribution in [0.1, 0.15) is 12.5 Å². The summed E-state index contributed by atoms with van der Waals surface area (Å²) in [6.45, 7) is 4.67. The fourth-order valence-corrected chi connectivity index (χ4v) is 3.79. The lowest BCUT2D eigenvalue weighted by molar-refractivity contribution is 0.341. The zero-order chi connectivity index (χ0) is 20.4. The number of hydrogen-bond donors (Lipinski definition) is 1. The number of halogens is 1. The maximum Gasteiger partial charge on any atom is 0.222 e. The van der Waals surface area contributed by atoms with E-state index in [1.807, 2.05) is 59.4 Å². The second kappa shape index (κ2) is 8.09. The molecular formula is C23H21BrN4O. The van der Waals surface area contributed by atoms with E-state index in [1.165, 1.54) is 5.56 Å². The number of nitrogen functional groups attached to an aromatic ring is 1. The lowest BCUT2D eigenvalue weighted by Gasteiger charge is -2.18. The first-order valence-electron chi connectivity index (χ1n) is 9.39. The Morgan fingerprint density at radius 2 is 1.79 bits per heavy atom. The van der Waals surface area contributed by atoms with Crippen LogP contribution in [0.4, 0.5) is 17.5 Å². The second-order valence-electron chi connectivity index (χ2n) is 6.69. The van der Waals surface area contributed by atoms with Crippen LogP contribution in [0.25, 0.3) is 22.0 Å². The number of benzene rings is 3. The van der Waals surface area contributed by atoms with Crippen LogP contribution in [0.3, 0.4) is 0 Å². The van der Waals surface area contributed by atoms with Crippen molar-refractivity contribution in [3.8, 4) is 16.9 Å². The highest BCUT2D eigenvalue weighted by molar-refractivity contribution is 9.10. The summed E-state index contributed by atoms with van der Waals surface area (Å²) in [5, 5.41) is 0.890. The molecule has 2 N–H and O–H groups in total. The van der Waals surface area contributed by atoms with Gasteiger partial charge in [0.15, 0.2) is 5.82 Å². The van der Waals surface area contributed by atoms with Gasteiger partial charge in [-0.15, -0.1) is 0 Å². The monoisotopic (exact) mass is 448 g/mol. The second-order valence-corrected chi connectivity index (χ2v) is 7.40. The van der Waals surface area contributed by atoms with Crippen LogP contribution < -0.4 is 14.4 Å². The molecule has 1 aromatic heterocycles. The molecule has 0 radical (unpaired) electrons. The van der Waals surface area contributed by atoms with Crippen molar-refractivity contribution in [3.63, 3.8) is 0 Å². The largest absolute Gasteiger partial charge is 0.493 e. The van der Waals surface area contributed by atoms with Crippen molar-refractivity contribution in [1.29, 1.82) is 0 Å². The van der Waals surface area contributed by atoms with Crippen molar-refractivity contribution in [2.45, 2.75) is 13.8 Å². The molecule has 4 rings (SSSR count). The Kier molecular flexibility index (Phi) is 5.36. The summed E-state index contributed by atoms with van der Waals surface area (Å²) in [5.74, 6) is 1.77. The fraction of sp³-hybridized carbons (Fsp3) is 0.130. The maximum atomic E-state index is 5.98. The van der Waals surface area contributed by atoms with Gasteiger partial charge >= 0.3 is 0 Å². The molecule has 4 aromatic rings. The van der Waals surface area contributed by atoms with Crippen molar-refractivity contribution in [3.05, 3.63) is 72.3 Å². The van der Waals surface area contributed by atoms with E-state index in [0.29, 0.717) is 12.4 Å². The molecular weight excluding hydrogens is 428 g/mol. The first-order valence-corrected chi connectivity index (χ1v) is 10.1. The van der Waals surface area contributed by atoms with Crippen molar-refractivity contribution in [2.75, 3.05) is 16.3 Å². The zero-order valence-corrected chi connectivity index (χ0v) is 17.8. The highest BCUT2D eigenvalue weighted by Crippen LogP contribution is 2.37. The molecule has 0 unspecified atom stereocenters. The number of aryl methyl sites for hydroxylation is 1. The summed E-state index contributed by atoms with van der Waals surface area (Å²) < 4.78 is 7.70. The summed E-state index contributed by atoms with van der Waals surface area (Å²) in [5.41, 5.74) is 11.0. The molecule has 6 heteroatoms. The number of rotatable bonds is 5. The smallest absolute Gasteiger partial charge is 0.222 e. The highest BCUT2D eigenvalue weighted by atomic mass is 79.9. The van der Waals surface area contributed by atoms with Gasteiger partial charge in [-0.3, -0.25) is 3.93 Å². The summed E-state index contributed by atoms with van der Waals surface area (Å²) in [4.78, 5) is 8.91. The van der Waals surface area contributed by atoms with Crippen molar-refractivity contribution in [1.82, 2.24) is 9.97 Å². The normalized spacial score (nSPS) is 10.9. The number of hydrogen-bond acceptors (Lipinski definition) is 5. The zero-order valence-electron chi connectivity index (χ0n) is 16.3. The predicted molar refractivity (Wildman–Crippen MR) is 123 cm³/mol. The van der Waals surface area contributed by atoms with E-state index in [1.54, 1.807) is 0 Å². The van der Waals surface area contributed by atoms with Crippen molar-refractivity contribution >= 4 is 44.5 Å². The Morgan fingerprint density at radius 1 is 1.00 bits per heavy atom. The molecule has 0 aliphatic carbocycles. The van der Waals surface area contributed by atoms with Crippen molar-refractivity contribution in [2.24, 2.45) is 0 Å². The van der Waals surface area contributed by atoms with Gasteiger partial charge in [0, 0.05) is 10.9 Å². The minimum atomic E-state index is 0.228. The lowest BCUT2D eigenvalue weighted by Crippen LogP contribution is -2.07. The molecule has 3 aromatic carbocycles. The van der Waals surface area contributed by atoms with Gasteiger partial charge in [0.25, 0.3) is 0 Å². The van der Waals surface area contributed by atoms with Gasteiger partial charge < -0.3 is 10.5 Å². The first kappa shape index (κ1) is 19.2. The van der Waals surface area contributed by atoms with Gasteiger partial charge in [-0.2, -0.15) is 4.98 Å². The van der Waals surface area contributed by atoms with E-state index in [4.69, 9.17) is 10.5 Å². The van der Waals surface area contributed by atoms with E-state index in [9.17, 15) is 0 Å². The van der Waals surface area contributed by atoms with Gasteiger partial charge in [0.2, 0.25) is 5.95 Å². The van der Waals surface area contributed by atoms with Crippen molar-refractivity contribution < 1.29 is 4.74 Å². The molecule has 0 atom stereocenters. The number of nitrogens with zero attached hydrogens (tertiary/aromatic N) is 3. The molecule has 0 aliphatic heterocycles. The maximum absolute atomic E-state index is 5.98. The summed E-state index contributed by atoms with van der Waals surface area (Å²) in [6, 6.07) is 22.2. The van der Waals surface area contributed by atoms with Crippen LogP contribution in [0, 0.1) is 6.92 Å². The molecule has 29 heavy (non-hydrogen) atoms. The number of aromatic nitrogens is 2. The van der Waals surface area contributed by atoms with E-state index in [-0.39, 0.29) is 5.95 Å². The minimum Gasteiger partial charge on any atom is -0.493 e. The van der Waals surface area contributed by atoms with Crippen LogP contribution in [-0.2, 0) is 0 Å². The molecule has 146 valence electrons. The third-order valence-corrected chi connectivity index (χ3v) is 5.35. The quantitative estimate of drug-likeness (QED) is 0.377. The molecule has 0 aliphatic rings. The standard InChI is InChI=1S/C23H21BrN4O/c1-3-29-21-12-9-15(2)13-18(21)16-10-11-20-19(14-16)22(27-23(25)26-20)28(24)17-7-5-4-6-8-17/h4-14H,3H2,1-2H3,(H2,25,26,27). The number of anilines is 3. The van der Waals surface area contributed by atoms with Gasteiger partial charge in [-0.25, -0.2) is 4.98 Å². The summed E-state index contributed by atoms with van der Waals surface area (Å²) in [6.07, 6.45) is 0. The Bertz CT molecular complexity index is 1160. The minimum absolute atomic E-state index is 0.228. The van der Waals surface area contributed by atoms with Crippen LogP contribution in [0.5, 0.6) is 5.75 Å². The molecule has 0 bridgehead atoms. The first-order chi connectivity index (χ1) is 14.1. The fourth-order valence-electron chi connectivity index (χ4n) is 3.28. The van der Waals surface area contributed by atoms with Gasteiger partial charge in [-0.05, 0) is 55.8 Å². The van der Waals surface area contributed by atoms with Crippen LogP contribution >= 0.6 is 16.1 Å². The highest BCUT2D eigenvalue weighted by Gasteiger charge is 2.16. The third kappa shape index (κ3) is 3.89. The van der Waals surface area contributed by atoms with Gasteiger partial charge in [0.05, 0.1) is 34.0 Å². The van der Waals surface area contributed by atoms with E-state index in [0.717, 1.165) is 33.5 Å². The lowest BCUT2D eigenvalue weighted by atomic mass is 10.0. The molecule has 5 nitrogen and oxygen atoms in total. The third-order valence-electron chi connectivity index (χ3n) is 4.61. The Labute approximate surface area is 178 Å². The Balaban J connectivity index is 1.90. The number of para-hydroxylation sites is 1. The Morgan fingerprint density at radius 3 is 2.55 bits per heavy atom. The predicted octanol–water partition coefficient (Wildman–Crippen LogP) is 6.03. The van der Waals surface area contributed by atoms with E-state index in [2.05, 4.69) is 51.2 Å². The van der Waals surface area contributed by atoms with Crippen LogP contribution in [-0.4, -0.2) is 16.6 Å². The van der Waals surface area contributed by atoms with Gasteiger partial charge in [-0.1, -0.05) is 35.9 Å². The number of fused-ring (bicyclic) bond motifs is 1. The van der Waals surface area contributed by atoms with E-state index < -0.39 is 0 Å².